The first-order valence-corrected chi connectivity index (χ1v) is 8.05. The van der Waals surface area contributed by atoms with Crippen LogP contribution in [0.25, 0.3) is 0 Å². The Hall–Kier alpha value is -1.43. The van der Waals surface area contributed by atoms with Gasteiger partial charge >= 0.3 is 26.2 Å². The third-order valence-corrected chi connectivity index (χ3v) is 2.59. The summed E-state index contributed by atoms with van der Waals surface area (Å²) in [4.78, 5) is 91.2. The normalized spacial score (nSPS) is 8.25. The Morgan fingerprint density at radius 1 is 0.464 bits per heavy atom. The Kier molecular flexibility index (Phi) is 23.0. The summed E-state index contributed by atoms with van der Waals surface area (Å²) in [5.41, 5.74) is 0. The van der Waals surface area contributed by atoms with Crippen LogP contribution in [-0.4, -0.2) is 50.0 Å². The molecule has 0 atom stereocenters. The van der Waals surface area contributed by atoms with Crippen LogP contribution in [-0.2, 0) is 107 Å². The molecule has 0 N–H and O–H groups in total. The van der Waals surface area contributed by atoms with E-state index in [2.05, 4.69) is 37.9 Å². The summed E-state index contributed by atoms with van der Waals surface area (Å²) >= 11 is 11.9. The second-order valence-electron chi connectivity index (χ2n) is 4.77. The molecule has 0 bridgehead atoms. The van der Waals surface area contributed by atoms with Gasteiger partial charge in [0.15, 0.2) is 17.3 Å². The summed E-state index contributed by atoms with van der Waals surface area (Å²) in [5.74, 6) is -3.39. The molecule has 0 saturated carbocycles. The van der Waals surface area contributed by atoms with Crippen LogP contribution >= 0.6 is 0 Å². The predicted molar refractivity (Wildman–Crippen MR) is 98.0 cm³/mol. The molecule has 0 amide bonds. The van der Waals surface area contributed by atoms with E-state index in [1.165, 1.54) is 20.8 Å². The van der Waals surface area contributed by atoms with Crippen molar-refractivity contribution >= 4 is 87.9 Å². The van der Waals surface area contributed by atoms with Gasteiger partial charge in [0, 0.05) is 0 Å². The molecule has 0 rings (SSSR count). The fraction of sp³-hybridized carbons (Fsp3) is 0.400. The van der Waals surface area contributed by atoms with Gasteiger partial charge in [-0.3, -0.25) is 28.8 Å². The van der Waals surface area contributed by atoms with Crippen molar-refractivity contribution in [3.63, 3.8) is 0 Å². The topological polar surface area (TPSA) is 154 Å². The molecular weight excluding hydrogens is 512 g/mol. The molecule has 0 saturated heterocycles. The van der Waals surface area contributed by atoms with E-state index in [0.717, 1.165) is 0 Å². The average Bonchev–Trinajstić information content (AvgIpc) is 2.46. The van der Waals surface area contributed by atoms with E-state index in [-0.39, 0.29) is 62.8 Å². The maximum absolute atomic E-state index is 10.3. The smallest absolute Gasteiger partial charge is 0.734 e. The van der Waals surface area contributed by atoms with Gasteiger partial charge in [-0.25, -0.2) is 0 Å². The molecule has 9 nitrogen and oxygen atoms in total. The van der Waals surface area contributed by atoms with Crippen molar-refractivity contribution in [2.24, 2.45) is 0 Å². The molecule has 0 heterocycles. The van der Waals surface area contributed by atoms with Crippen LogP contribution in [0, 0.1) is 0 Å². The molecule has 0 aliphatic carbocycles. The molecule has 0 spiro atoms. The largest absolute Gasteiger partial charge is 3.00 e. The first kappa shape index (κ1) is 34.1. The van der Waals surface area contributed by atoms with Gasteiger partial charge < -0.3 is 52.3 Å². The molecular formula is C15H15O9S3Zr. The van der Waals surface area contributed by atoms with E-state index < -0.39 is 32.7 Å². The first-order chi connectivity index (χ1) is 12.1. The van der Waals surface area contributed by atoms with Crippen molar-refractivity contribution in [2.75, 3.05) is 0 Å². The third kappa shape index (κ3) is 26.8. The van der Waals surface area contributed by atoms with Crippen molar-refractivity contribution < 1.29 is 69.4 Å². The minimum atomic E-state index is -0.967. The van der Waals surface area contributed by atoms with Crippen molar-refractivity contribution in [3.05, 3.63) is 0 Å². The molecule has 151 valence electrons. The van der Waals surface area contributed by atoms with Gasteiger partial charge in [-0.05, 0) is 20.8 Å². The molecule has 0 aromatic heterocycles. The molecule has 0 aliphatic rings. The van der Waals surface area contributed by atoms with Crippen LogP contribution < -0.4 is 0 Å². The summed E-state index contributed by atoms with van der Waals surface area (Å²) in [7, 11) is 0. The van der Waals surface area contributed by atoms with Gasteiger partial charge in [0.05, 0.1) is 34.6 Å². The number of carbonyl (C=O) groups excluding carboxylic acids is 9. The molecule has 28 heavy (non-hydrogen) atoms. The summed E-state index contributed by atoms with van der Waals surface area (Å²) in [6.45, 7) is 3.70. The van der Waals surface area contributed by atoms with Gasteiger partial charge in [-0.1, -0.05) is 0 Å². The SMILES string of the molecule is CC(=O)CC(=O)C(=O)[S-].CC(=O)CC(=O)C(=O)[S-].CC(=O)CC(=O)C(=O)[S-].[Zr+3]. The van der Waals surface area contributed by atoms with E-state index in [9.17, 15) is 43.2 Å². The quantitative estimate of drug-likeness (QED) is 0.202. The monoisotopic (exact) mass is 525 g/mol. The molecule has 1 radical (unpaired) electrons. The standard InChI is InChI=1S/3C5H6O3S.Zr/c3*1-3(6)2-4(7)5(8)9;/h3*2H2,1H3,(H,8,9);/q;;;+3/p-3. The molecule has 0 unspecified atom stereocenters. The zero-order chi connectivity index (χ0) is 22.3. The van der Waals surface area contributed by atoms with Crippen LogP contribution in [0.1, 0.15) is 40.0 Å². The van der Waals surface area contributed by atoms with Crippen LogP contribution in [0.2, 0.25) is 0 Å². The van der Waals surface area contributed by atoms with Crippen molar-refractivity contribution in [3.8, 4) is 0 Å². The van der Waals surface area contributed by atoms with E-state index in [4.69, 9.17) is 0 Å². The summed E-state index contributed by atoms with van der Waals surface area (Å²) < 4.78 is 0. The van der Waals surface area contributed by atoms with Gasteiger partial charge in [0.2, 0.25) is 0 Å². The Morgan fingerprint density at radius 2 is 0.607 bits per heavy atom. The number of hydrogen-bond donors (Lipinski definition) is 0. The molecule has 0 aromatic carbocycles. The van der Waals surface area contributed by atoms with Crippen LogP contribution in [0.4, 0.5) is 0 Å². The molecule has 0 aliphatic heterocycles. The van der Waals surface area contributed by atoms with E-state index >= 15 is 0 Å². The summed E-state index contributed by atoms with van der Waals surface area (Å²) in [5, 5.41) is -2.90. The fourth-order valence-electron chi connectivity index (χ4n) is 0.895. The van der Waals surface area contributed by atoms with Crippen molar-refractivity contribution in [2.45, 2.75) is 40.0 Å². The average molecular weight is 527 g/mol. The van der Waals surface area contributed by atoms with Crippen molar-refractivity contribution in [1.29, 1.82) is 0 Å². The number of ketones is 6. The molecule has 13 heteroatoms. The van der Waals surface area contributed by atoms with Gasteiger partial charge in [-0.2, -0.15) is 0 Å². The first-order valence-electron chi connectivity index (χ1n) is 6.82. The van der Waals surface area contributed by atoms with Crippen LogP contribution in [0.5, 0.6) is 0 Å². The van der Waals surface area contributed by atoms with Crippen LogP contribution in [0.15, 0.2) is 0 Å². The summed E-state index contributed by atoms with van der Waals surface area (Å²) in [6.07, 6.45) is -1.08. The van der Waals surface area contributed by atoms with Gasteiger partial charge in [0.1, 0.15) is 17.3 Å². The Labute approximate surface area is 196 Å². The molecule has 0 aromatic rings. The number of rotatable bonds is 9. The van der Waals surface area contributed by atoms with Crippen LogP contribution in [0.3, 0.4) is 0 Å². The Bertz CT molecular complexity index is 581. The second-order valence-corrected chi connectivity index (χ2v) is 5.88. The zero-order valence-corrected chi connectivity index (χ0v) is 19.9. The van der Waals surface area contributed by atoms with Gasteiger partial charge in [-0.15, -0.1) is 0 Å². The Morgan fingerprint density at radius 3 is 0.643 bits per heavy atom. The summed E-state index contributed by atoms with van der Waals surface area (Å²) in [6, 6.07) is 0. The van der Waals surface area contributed by atoms with E-state index in [1.54, 1.807) is 0 Å². The number of Topliss-reactive ketones (excluding diaryl/α,β-unsaturated/α-hetero) is 6. The number of carbonyl (C=O) groups is 9. The fourth-order valence-corrected chi connectivity index (χ4v) is 1.11. The van der Waals surface area contributed by atoms with E-state index in [1.807, 2.05) is 0 Å². The van der Waals surface area contributed by atoms with Gasteiger partial charge in [0.25, 0.3) is 0 Å². The predicted octanol–water partition coefficient (Wildman–Crippen LogP) is -1.18. The minimum absolute atomic E-state index is 0. The minimum Gasteiger partial charge on any atom is -0.734 e. The second kappa shape index (κ2) is 18.9. The number of hydrogen-bond acceptors (Lipinski definition) is 12. The van der Waals surface area contributed by atoms with Crippen molar-refractivity contribution in [1.82, 2.24) is 0 Å². The maximum atomic E-state index is 10.3. The molecule has 0 fully saturated rings. The van der Waals surface area contributed by atoms with E-state index in [0.29, 0.717) is 0 Å². The zero-order valence-electron chi connectivity index (χ0n) is 15.0. The third-order valence-electron chi connectivity index (χ3n) is 1.91. The Balaban J connectivity index is -0.000000152. The maximum Gasteiger partial charge on any atom is 3.00 e.